The number of carbonyl (C=O) groups is 1. The van der Waals surface area contributed by atoms with E-state index in [1.54, 1.807) is 7.11 Å². The Bertz CT molecular complexity index is 438. The van der Waals surface area contributed by atoms with E-state index in [-0.39, 0.29) is 18.3 Å². The van der Waals surface area contributed by atoms with Gasteiger partial charge in [-0.2, -0.15) is 0 Å². The number of fused-ring (bicyclic) bond motifs is 1. The Morgan fingerprint density at radius 1 is 1.20 bits per heavy atom. The average Bonchev–Trinajstić information content (AvgIpc) is 2.89. The van der Waals surface area contributed by atoms with Crippen LogP contribution >= 0.6 is 12.4 Å². The third-order valence-corrected chi connectivity index (χ3v) is 3.43. The number of nitrogens with one attached hydrogen (secondary N) is 2. The quantitative estimate of drug-likeness (QED) is 0.751. The highest BCUT2D eigenvalue weighted by Gasteiger charge is 2.13. The summed E-state index contributed by atoms with van der Waals surface area (Å²) in [6.45, 7) is 2.91. The van der Waals surface area contributed by atoms with Crippen LogP contribution in [0.15, 0.2) is 18.2 Å². The molecule has 0 spiro atoms. The summed E-state index contributed by atoms with van der Waals surface area (Å²) in [6, 6.07) is 6.06. The highest BCUT2D eigenvalue weighted by molar-refractivity contribution is 5.94. The number of hydrogen-bond acceptors (Lipinski definition) is 3. The van der Waals surface area contributed by atoms with Gasteiger partial charge in [-0.15, -0.1) is 12.4 Å². The second kappa shape index (κ2) is 8.95. The summed E-state index contributed by atoms with van der Waals surface area (Å²) in [7, 11) is 1.68. The zero-order valence-corrected chi connectivity index (χ0v) is 12.7. The van der Waals surface area contributed by atoms with Crippen molar-refractivity contribution in [1.29, 1.82) is 0 Å². The van der Waals surface area contributed by atoms with Gasteiger partial charge < -0.3 is 15.4 Å². The molecule has 0 heterocycles. The van der Waals surface area contributed by atoms with Crippen LogP contribution in [0.2, 0.25) is 0 Å². The molecule has 0 aromatic heterocycles. The Morgan fingerprint density at radius 3 is 2.80 bits per heavy atom. The molecule has 2 N–H and O–H groups in total. The molecule has 4 nitrogen and oxygen atoms in total. The van der Waals surface area contributed by atoms with Crippen molar-refractivity contribution in [2.24, 2.45) is 0 Å². The van der Waals surface area contributed by atoms with Crippen molar-refractivity contribution in [2.45, 2.75) is 19.3 Å². The van der Waals surface area contributed by atoms with Gasteiger partial charge in [-0.3, -0.25) is 4.79 Å². The molecule has 0 unspecified atom stereocenters. The summed E-state index contributed by atoms with van der Waals surface area (Å²) in [4.78, 5) is 12.0. The smallest absolute Gasteiger partial charge is 0.251 e. The minimum atomic E-state index is 0. The van der Waals surface area contributed by atoms with Gasteiger partial charge in [0, 0.05) is 32.3 Å². The Kier molecular flexibility index (Phi) is 7.59. The van der Waals surface area contributed by atoms with Gasteiger partial charge in [0.15, 0.2) is 0 Å². The molecule has 0 saturated heterocycles. The molecule has 0 radical (unpaired) electrons. The first-order valence-corrected chi connectivity index (χ1v) is 6.91. The molecule has 20 heavy (non-hydrogen) atoms. The van der Waals surface area contributed by atoms with Gasteiger partial charge in [0.2, 0.25) is 0 Å². The van der Waals surface area contributed by atoms with Gasteiger partial charge in [0.25, 0.3) is 5.91 Å². The lowest BCUT2D eigenvalue weighted by Crippen LogP contribution is -2.33. The van der Waals surface area contributed by atoms with Crippen molar-refractivity contribution in [3.63, 3.8) is 0 Å². The summed E-state index contributed by atoms with van der Waals surface area (Å²) in [5, 5.41) is 6.12. The Morgan fingerprint density at radius 2 is 2.00 bits per heavy atom. The van der Waals surface area contributed by atoms with E-state index < -0.39 is 0 Å². The zero-order chi connectivity index (χ0) is 13.5. The summed E-state index contributed by atoms with van der Waals surface area (Å²) >= 11 is 0. The fourth-order valence-corrected chi connectivity index (χ4v) is 2.38. The van der Waals surface area contributed by atoms with Crippen molar-refractivity contribution >= 4 is 18.3 Å². The van der Waals surface area contributed by atoms with Crippen LogP contribution in [0, 0.1) is 0 Å². The van der Waals surface area contributed by atoms with Crippen LogP contribution in [0.5, 0.6) is 0 Å². The van der Waals surface area contributed by atoms with E-state index in [4.69, 9.17) is 4.74 Å². The Labute approximate surface area is 126 Å². The van der Waals surface area contributed by atoms with E-state index in [0.29, 0.717) is 13.2 Å². The van der Waals surface area contributed by atoms with Crippen LogP contribution in [0.4, 0.5) is 0 Å². The van der Waals surface area contributed by atoms with Crippen LogP contribution in [-0.4, -0.2) is 39.3 Å². The SMILES string of the molecule is COCCNCCNC(=O)c1ccc2c(c1)CCC2.Cl. The first kappa shape index (κ1) is 17.0. The number of hydrogen-bond donors (Lipinski definition) is 2. The lowest BCUT2D eigenvalue weighted by atomic mass is 10.1. The van der Waals surface area contributed by atoms with E-state index in [1.165, 1.54) is 17.5 Å². The van der Waals surface area contributed by atoms with Crippen molar-refractivity contribution in [3.8, 4) is 0 Å². The van der Waals surface area contributed by atoms with E-state index >= 15 is 0 Å². The van der Waals surface area contributed by atoms with Crippen molar-refractivity contribution in [1.82, 2.24) is 10.6 Å². The third-order valence-electron chi connectivity index (χ3n) is 3.43. The average molecular weight is 299 g/mol. The monoisotopic (exact) mass is 298 g/mol. The Balaban J connectivity index is 0.00000200. The maximum absolute atomic E-state index is 12.0. The highest BCUT2D eigenvalue weighted by atomic mass is 35.5. The van der Waals surface area contributed by atoms with Crippen LogP contribution in [0.3, 0.4) is 0 Å². The van der Waals surface area contributed by atoms with Crippen LogP contribution in [0.1, 0.15) is 27.9 Å². The molecule has 1 aromatic rings. The zero-order valence-electron chi connectivity index (χ0n) is 11.9. The molecule has 1 amide bonds. The van der Waals surface area contributed by atoms with Gasteiger partial charge in [-0.1, -0.05) is 6.07 Å². The third kappa shape index (κ3) is 4.78. The predicted octanol–water partition coefficient (Wildman–Crippen LogP) is 1.56. The van der Waals surface area contributed by atoms with E-state index in [0.717, 1.165) is 31.5 Å². The molecular formula is C15H23ClN2O2. The molecule has 1 aromatic carbocycles. The summed E-state index contributed by atoms with van der Waals surface area (Å²) in [6.07, 6.45) is 3.47. The normalized spacial score (nSPS) is 12.7. The Hall–Kier alpha value is -1.10. The maximum atomic E-state index is 12.0. The molecule has 1 aliphatic carbocycles. The van der Waals surface area contributed by atoms with E-state index in [9.17, 15) is 4.79 Å². The standard InChI is InChI=1S/C15H22N2O2.ClH/c1-19-10-9-16-7-8-17-15(18)14-6-5-12-3-2-4-13(12)11-14;/h5-6,11,16H,2-4,7-10H2,1H3,(H,17,18);1H. The number of benzene rings is 1. The van der Waals surface area contributed by atoms with Crippen molar-refractivity contribution < 1.29 is 9.53 Å². The lowest BCUT2D eigenvalue weighted by Gasteiger charge is -2.08. The fraction of sp³-hybridized carbons (Fsp3) is 0.533. The number of halogens is 1. The molecule has 1 aliphatic rings. The number of rotatable bonds is 7. The minimum absolute atomic E-state index is 0. The van der Waals surface area contributed by atoms with Gasteiger partial charge in [0.1, 0.15) is 0 Å². The first-order chi connectivity index (χ1) is 9.31. The van der Waals surface area contributed by atoms with Crippen LogP contribution < -0.4 is 10.6 Å². The predicted molar refractivity (Wildman–Crippen MR) is 82.8 cm³/mol. The molecule has 112 valence electrons. The molecule has 0 fully saturated rings. The summed E-state index contributed by atoms with van der Waals surface area (Å²) < 4.78 is 4.93. The number of aryl methyl sites for hydroxylation is 2. The molecule has 2 rings (SSSR count). The van der Waals surface area contributed by atoms with Crippen LogP contribution in [0.25, 0.3) is 0 Å². The molecular weight excluding hydrogens is 276 g/mol. The van der Waals surface area contributed by atoms with E-state index in [2.05, 4.69) is 16.7 Å². The summed E-state index contributed by atoms with van der Waals surface area (Å²) in [5.41, 5.74) is 3.51. The number of ether oxygens (including phenoxy) is 1. The van der Waals surface area contributed by atoms with Crippen LogP contribution in [-0.2, 0) is 17.6 Å². The van der Waals surface area contributed by atoms with Gasteiger partial charge in [0.05, 0.1) is 6.61 Å². The fourth-order valence-electron chi connectivity index (χ4n) is 2.38. The molecule has 0 aliphatic heterocycles. The first-order valence-electron chi connectivity index (χ1n) is 6.91. The largest absolute Gasteiger partial charge is 0.383 e. The highest BCUT2D eigenvalue weighted by Crippen LogP contribution is 2.22. The second-order valence-corrected chi connectivity index (χ2v) is 4.84. The summed E-state index contributed by atoms with van der Waals surface area (Å²) in [5.74, 6) is 0.0169. The lowest BCUT2D eigenvalue weighted by molar-refractivity contribution is 0.0953. The van der Waals surface area contributed by atoms with Crippen molar-refractivity contribution in [3.05, 3.63) is 34.9 Å². The molecule has 0 bridgehead atoms. The van der Waals surface area contributed by atoms with E-state index in [1.807, 2.05) is 12.1 Å². The number of carbonyl (C=O) groups excluding carboxylic acids is 1. The minimum Gasteiger partial charge on any atom is -0.383 e. The topological polar surface area (TPSA) is 50.4 Å². The molecule has 0 atom stereocenters. The maximum Gasteiger partial charge on any atom is 0.251 e. The van der Waals surface area contributed by atoms with Crippen molar-refractivity contribution in [2.75, 3.05) is 33.4 Å². The number of amides is 1. The van der Waals surface area contributed by atoms with Gasteiger partial charge in [-0.05, 0) is 42.5 Å². The number of methoxy groups -OCH3 is 1. The molecule has 0 saturated carbocycles. The van der Waals surface area contributed by atoms with Gasteiger partial charge >= 0.3 is 0 Å². The van der Waals surface area contributed by atoms with Gasteiger partial charge in [-0.25, -0.2) is 0 Å². The molecule has 5 heteroatoms. The second-order valence-electron chi connectivity index (χ2n) is 4.84.